The summed E-state index contributed by atoms with van der Waals surface area (Å²) in [4.78, 5) is 46.1. The molecule has 0 bridgehead atoms. The van der Waals surface area contributed by atoms with Gasteiger partial charge in [-0.1, -0.05) is 36.3 Å². The van der Waals surface area contributed by atoms with Gasteiger partial charge in [-0.15, -0.1) is 0 Å². The summed E-state index contributed by atoms with van der Waals surface area (Å²) < 4.78 is 6.77. The summed E-state index contributed by atoms with van der Waals surface area (Å²) in [6.07, 6.45) is 5.17. The second-order valence-electron chi connectivity index (χ2n) is 8.53. The molecule has 3 heterocycles. The lowest BCUT2D eigenvalue weighted by Gasteiger charge is -2.24. The topological polar surface area (TPSA) is 91.8 Å². The second kappa shape index (κ2) is 8.20. The number of fused-ring (bicyclic) bond motifs is 1. The van der Waals surface area contributed by atoms with Gasteiger partial charge in [0.2, 0.25) is 5.91 Å². The van der Waals surface area contributed by atoms with Crippen LogP contribution in [0.5, 0.6) is 0 Å². The van der Waals surface area contributed by atoms with Crippen LogP contribution < -0.4 is 10.2 Å². The number of rotatable bonds is 6. The van der Waals surface area contributed by atoms with Gasteiger partial charge in [0.25, 0.3) is 5.91 Å². The highest BCUT2D eigenvalue weighted by Crippen LogP contribution is 2.35. The number of urea groups is 1. The van der Waals surface area contributed by atoms with Crippen molar-refractivity contribution in [1.29, 1.82) is 0 Å². The van der Waals surface area contributed by atoms with E-state index in [1.807, 2.05) is 24.3 Å². The van der Waals surface area contributed by atoms with Crippen LogP contribution in [-0.4, -0.2) is 59.1 Å². The van der Waals surface area contributed by atoms with Crippen LogP contribution in [0.1, 0.15) is 44.9 Å². The molecule has 4 amide bonds. The van der Waals surface area contributed by atoms with Crippen LogP contribution in [0.3, 0.4) is 0 Å². The number of carbonyl (C=O) groups excluding carboxylic acids is 3. The first kappa shape index (κ1) is 20.4. The van der Waals surface area contributed by atoms with E-state index in [0.29, 0.717) is 31.1 Å². The molecule has 2 aromatic rings. The number of hydrogen-bond acceptors (Lipinski definition) is 6. The number of ether oxygens (including phenoxy) is 1. The quantitative estimate of drug-likeness (QED) is 0.694. The highest BCUT2D eigenvalue weighted by Gasteiger charge is 2.52. The van der Waals surface area contributed by atoms with Crippen LogP contribution in [0.25, 0.3) is 10.2 Å². The van der Waals surface area contributed by atoms with Crippen LogP contribution in [0.15, 0.2) is 24.3 Å². The van der Waals surface area contributed by atoms with Gasteiger partial charge in [-0.3, -0.25) is 19.4 Å². The number of hydrogen-bond donors (Lipinski definition) is 1. The van der Waals surface area contributed by atoms with Crippen LogP contribution in [0.4, 0.5) is 9.93 Å². The number of amides is 4. The zero-order chi connectivity index (χ0) is 21.4. The molecular formula is C22H26N4O4S. The van der Waals surface area contributed by atoms with Gasteiger partial charge < -0.3 is 10.1 Å². The molecule has 3 fully saturated rings. The third-order valence-corrected chi connectivity index (χ3v) is 7.54. The number of benzene rings is 1. The van der Waals surface area contributed by atoms with E-state index in [1.165, 1.54) is 16.2 Å². The van der Waals surface area contributed by atoms with E-state index < -0.39 is 5.54 Å². The fourth-order valence-corrected chi connectivity index (χ4v) is 5.79. The van der Waals surface area contributed by atoms with Gasteiger partial charge in [0.1, 0.15) is 5.54 Å². The molecular weight excluding hydrogens is 416 g/mol. The molecule has 31 heavy (non-hydrogen) atoms. The number of para-hydroxylation sites is 1. The molecule has 1 aliphatic carbocycles. The lowest BCUT2D eigenvalue weighted by Crippen LogP contribution is -2.44. The van der Waals surface area contributed by atoms with Crippen molar-refractivity contribution in [2.45, 2.75) is 56.6 Å². The van der Waals surface area contributed by atoms with E-state index in [1.54, 1.807) is 4.90 Å². The number of aromatic nitrogens is 1. The van der Waals surface area contributed by atoms with Crippen molar-refractivity contribution in [3.63, 3.8) is 0 Å². The van der Waals surface area contributed by atoms with E-state index in [0.717, 1.165) is 35.9 Å². The lowest BCUT2D eigenvalue weighted by atomic mass is 9.98. The maximum absolute atomic E-state index is 13.3. The predicted octanol–water partition coefficient (Wildman–Crippen LogP) is 3.06. The van der Waals surface area contributed by atoms with Crippen molar-refractivity contribution in [1.82, 2.24) is 15.2 Å². The molecule has 1 aromatic carbocycles. The molecule has 164 valence electrons. The second-order valence-corrected chi connectivity index (χ2v) is 9.54. The molecule has 5 rings (SSSR count). The molecule has 2 saturated heterocycles. The Hall–Kier alpha value is -2.52. The minimum absolute atomic E-state index is 0.0190. The predicted molar refractivity (Wildman–Crippen MR) is 117 cm³/mol. The zero-order valence-corrected chi connectivity index (χ0v) is 18.2. The smallest absolute Gasteiger partial charge is 0.325 e. The minimum atomic E-state index is -0.745. The summed E-state index contributed by atoms with van der Waals surface area (Å²) >= 11 is 1.47. The monoisotopic (exact) mass is 442 g/mol. The number of nitrogens with zero attached hydrogens (tertiary/aromatic N) is 3. The summed E-state index contributed by atoms with van der Waals surface area (Å²) in [5.74, 6) is -0.337. The van der Waals surface area contributed by atoms with E-state index in [-0.39, 0.29) is 36.9 Å². The number of thiazole rings is 1. The van der Waals surface area contributed by atoms with Gasteiger partial charge >= 0.3 is 6.03 Å². The summed E-state index contributed by atoms with van der Waals surface area (Å²) in [5.41, 5.74) is 0.106. The van der Waals surface area contributed by atoms with Crippen molar-refractivity contribution < 1.29 is 19.1 Å². The van der Waals surface area contributed by atoms with Crippen molar-refractivity contribution in [3.05, 3.63) is 24.3 Å². The molecule has 3 aliphatic rings. The van der Waals surface area contributed by atoms with Crippen molar-refractivity contribution in [2.24, 2.45) is 0 Å². The fourth-order valence-electron chi connectivity index (χ4n) is 4.79. The highest BCUT2D eigenvalue weighted by molar-refractivity contribution is 7.22. The number of carbonyl (C=O) groups is 3. The number of imide groups is 1. The average Bonchev–Trinajstić information content (AvgIpc) is 3.54. The summed E-state index contributed by atoms with van der Waals surface area (Å²) in [5, 5.41) is 3.50. The largest absolute Gasteiger partial charge is 0.376 e. The highest BCUT2D eigenvalue weighted by atomic mass is 32.1. The Kier molecular flexibility index (Phi) is 5.39. The van der Waals surface area contributed by atoms with Crippen LogP contribution >= 0.6 is 11.3 Å². The molecule has 1 aromatic heterocycles. The van der Waals surface area contributed by atoms with E-state index in [2.05, 4.69) is 10.3 Å². The molecule has 0 unspecified atom stereocenters. The average molecular weight is 443 g/mol. The molecule has 1 spiro atoms. The lowest BCUT2D eigenvalue weighted by molar-refractivity contribution is -0.131. The molecule has 9 heteroatoms. The van der Waals surface area contributed by atoms with E-state index in [9.17, 15) is 14.4 Å². The Morgan fingerprint density at radius 3 is 2.81 bits per heavy atom. The summed E-state index contributed by atoms with van der Waals surface area (Å²) in [6.45, 7) is 1.22. The molecule has 8 nitrogen and oxygen atoms in total. The van der Waals surface area contributed by atoms with Gasteiger partial charge in [-0.25, -0.2) is 9.78 Å². The fraction of sp³-hybridized carbons (Fsp3) is 0.545. The van der Waals surface area contributed by atoms with E-state index in [4.69, 9.17) is 4.74 Å². The third-order valence-electron chi connectivity index (χ3n) is 6.48. The first-order chi connectivity index (χ1) is 15.1. The van der Waals surface area contributed by atoms with Crippen LogP contribution in [0.2, 0.25) is 0 Å². The van der Waals surface area contributed by atoms with E-state index >= 15 is 0 Å². The SMILES string of the molecule is O=C1NC2(CCCC2)C(=O)N1CCC(=O)N(C[C@H]1CCCO1)c1nc2ccccc2s1. The molecule has 2 aliphatic heterocycles. The standard InChI is InChI=1S/C22H26N4O4S/c27-18(9-12-25-19(28)22(24-20(25)29)10-3-4-11-22)26(14-15-6-5-13-30-15)21-23-16-7-1-2-8-17(16)31-21/h1-2,7-8,15H,3-6,9-14H2,(H,24,29)/t15-/m1/s1. The van der Waals surface area contributed by atoms with Gasteiger partial charge in [0, 0.05) is 19.6 Å². The Morgan fingerprint density at radius 1 is 1.26 bits per heavy atom. The van der Waals surface area contributed by atoms with Crippen molar-refractivity contribution >= 4 is 44.5 Å². The Morgan fingerprint density at radius 2 is 2.06 bits per heavy atom. The Balaban J connectivity index is 1.32. The van der Waals surface area contributed by atoms with Crippen molar-refractivity contribution in [2.75, 3.05) is 24.6 Å². The summed E-state index contributed by atoms with van der Waals surface area (Å²) in [6, 6.07) is 7.41. The Bertz CT molecular complexity index is 977. The van der Waals surface area contributed by atoms with Gasteiger partial charge in [0.15, 0.2) is 5.13 Å². The molecule has 1 N–H and O–H groups in total. The zero-order valence-electron chi connectivity index (χ0n) is 17.3. The molecule has 1 atom stereocenters. The van der Waals surface area contributed by atoms with Gasteiger partial charge in [-0.05, 0) is 37.8 Å². The molecule has 1 saturated carbocycles. The minimum Gasteiger partial charge on any atom is -0.376 e. The van der Waals surface area contributed by atoms with Crippen molar-refractivity contribution in [3.8, 4) is 0 Å². The van der Waals surface area contributed by atoms with Gasteiger partial charge in [0.05, 0.1) is 22.9 Å². The van der Waals surface area contributed by atoms with Gasteiger partial charge in [-0.2, -0.15) is 0 Å². The normalized spacial score (nSPS) is 22.6. The summed E-state index contributed by atoms with van der Waals surface area (Å²) in [7, 11) is 0. The Labute approximate surface area is 184 Å². The number of anilines is 1. The maximum Gasteiger partial charge on any atom is 0.325 e. The third kappa shape index (κ3) is 3.80. The van der Waals surface area contributed by atoms with Crippen LogP contribution in [0, 0.1) is 0 Å². The first-order valence-electron chi connectivity index (χ1n) is 11.0. The number of nitrogens with one attached hydrogen (secondary N) is 1. The molecule has 0 radical (unpaired) electrons. The first-order valence-corrected chi connectivity index (χ1v) is 11.8. The van der Waals surface area contributed by atoms with Crippen LogP contribution in [-0.2, 0) is 14.3 Å². The maximum atomic E-state index is 13.3.